The van der Waals surface area contributed by atoms with Gasteiger partial charge in [0.05, 0.1) is 23.0 Å². The van der Waals surface area contributed by atoms with Gasteiger partial charge < -0.3 is 10.6 Å². The zero-order valence-electron chi connectivity index (χ0n) is 14.7. The molecule has 0 fully saturated rings. The number of aromatic nitrogens is 3. The van der Waals surface area contributed by atoms with E-state index < -0.39 is 0 Å². The van der Waals surface area contributed by atoms with E-state index in [1.165, 1.54) is 11.3 Å². The molecule has 0 aliphatic heterocycles. The largest absolute Gasteiger partial charge is 0.351 e. The van der Waals surface area contributed by atoms with Gasteiger partial charge in [-0.15, -0.1) is 11.3 Å². The molecule has 26 heavy (non-hydrogen) atoms. The molecule has 0 spiro atoms. The lowest BCUT2D eigenvalue weighted by atomic mass is 10.2. The standard InChI is InChI=1S/C18H21N5O2S/c1-12(2)23-17-13(10-21-23)9-14(11-20-17)22-16(24)6-3-7-19-18(25)15-5-4-8-26-15/h4-5,8-12H,3,6-7H2,1-2H3,(H,19,25)(H,22,24). The van der Waals surface area contributed by atoms with Crippen LogP contribution in [0.4, 0.5) is 5.69 Å². The molecular formula is C18H21N5O2S. The van der Waals surface area contributed by atoms with Crippen LogP contribution in [0.3, 0.4) is 0 Å². The zero-order chi connectivity index (χ0) is 18.5. The first kappa shape index (κ1) is 18.1. The van der Waals surface area contributed by atoms with E-state index in [1.807, 2.05) is 36.0 Å². The molecule has 0 aromatic carbocycles. The van der Waals surface area contributed by atoms with Crippen LogP contribution in [0.25, 0.3) is 11.0 Å². The van der Waals surface area contributed by atoms with Gasteiger partial charge in [0.15, 0.2) is 5.65 Å². The van der Waals surface area contributed by atoms with Crippen LogP contribution in [-0.2, 0) is 4.79 Å². The number of fused-ring (bicyclic) bond motifs is 1. The Morgan fingerprint density at radius 2 is 2.15 bits per heavy atom. The van der Waals surface area contributed by atoms with Crippen molar-refractivity contribution in [3.8, 4) is 0 Å². The molecule has 0 saturated heterocycles. The first-order valence-electron chi connectivity index (χ1n) is 8.49. The Bertz CT molecular complexity index is 902. The Balaban J connectivity index is 1.47. The van der Waals surface area contributed by atoms with Gasteiger partial charge in [-0.2, -0.15) is 5.10 Å². The highest BCUT2D eigenvalue weighted by molar-refractivity contribution is 7.12. The summed E-state index contributed by atoms with van der Waals surface area (Å²) in [4.78, 5) is 28.9. The molecule has 3 aromatic rings. The van der Waals surface area contributed by atoms with Crippen molar-refractivity contribution in [3.05, 3.63) is 40.8 Å². The molecule has 0 aliphatic carbocycles. The lowest BCUT2D eigenvalue weighted by Gasteiger charge is -2.08. The number of amides is 2. The lowest BCUT2D eigenvalue weighted by molar-refractivity contribution is -0.116. The number of anilines is 1. The summed E-state index contributed by atoms with van der Waals surface area (Å²) in [6, 6.07) is 5.70. The Labute approximate surface area is 155 Å². The van der Waals surface area contributed by atoms with Gasteiger partial charge in [0.25, 0.3) is 5.91 Å². The highest BCUT2D eigenvalue weighted by Crippen LogP contribution is 2.19. The first-order valence-corrected chi connectivity index (χ1v) is 9.37. The van der Waals surface area contributed by atoms with Crippen LogP contribution >= 0.6 is 11.3 Å². The van der Waals surface area contributed by atoms with Crippen molar-refractivity contribution < 1.29 is 9.59 Å². The summed E-state index contributed by atoms with van der Waals surface area (Å²) in [5.74, 6) is -0.204. The SMILES string of the molecule is CC(C)n1ncc2cc(NC(=O)CCCNC(=O)c3cccs3)cnc21. The van der Waals surface area contributed by atoms with Crippen LogP contribution in [0, 0.1) is 0 Å². The van der Waals surface area contributed by atoms with E-state index in [4.69, 9.17) is 0 Å². The summed E-state index contributed by atoms with van der Waals surface area (Å²) in [7, 11) is 0. The Morgan fingerprint density at radius 3 is 2.88 bits per heavy atom. The Morgan fingerprint density at radius 1 is 1.31 bits per heavy atom. The smallest absolute Gasteiger partial charge is 0.261 e. The lowest BCUT2D eigenvalue weighted by Crippen LogP contribution is -2.24. The number of nitrogens with zero attached hydrogens (tertiary/aromatic N) is 3. The second kappa shape index (κ2) is 8.09. The predicted octanol–water partition coefficient (Wildman–Crippen LogP) is 3.22. The number of rotatable bonds is 7. The van der Waals surface area contributed by atoms with Crippen LogP contribution in [0.1, 0.15) is 42.4 Å². The topological polar surface area (TPSA) is 88.9 Å². The minimum absolute atomic E-state index is 0.0998. The van der Waals surface area contributed by atoms with E-state index in [-0.39, 0.29) is 17.9 Å². The van der Waals surface area contributed by atoms with Crippen LogP contribution < -0.4 is 10.6 Å². The minimum atomic E-state index is -0.104. The van der Waals surface area contributed by atoms with Crippen molar-refractivity contribution in [3.63, 3.8) is 0 Å². The Hall–Kier alpha value is -2.74. The normalized spacial score (nSPS) is 11.0. The molecule has 0 atom stereocenters. The fourth-order valence-corrected chi connectivity index (χ4v) is 3.20. The molecule has 0 saturated carbocycles. The summed E-state index contributed by atoms with van der Waals surface area (Å²) in [5.41, 5.74) is 1.45. The molecule has 0 radical (unpaired) electrons. The van der Waals surface area contributed by atoms with E-state index in [9.17, 15) is 9.59 Å². The first-order chi connectivity index (χ1) is 12.5. The number of hydrogen-bond acceptors (Lipinski definition) is 5. The molecule has 0 bridgehead atoms. The minimum Gasteiger partial charge on any atom is -0.351 e. The van der Waals surface area contributed by atoms with E-state index >= 15 is 0 Å². The third-order valence-electron chi connectivity index (χ3n) is 3.82. The fraction of sp³-hybridized carbons (Fsp3) is 0.333. The maximum Gasteiger partial charge on any atom is 0.261 e. The summed E-state index contributed by atoms with van der Waals surface area (Å²) in [6.07, 6.45) is 4.29. The number of pyridine rings is 1. The summed E-state index contributed by atoms with van der Waals surface area (Å²) in [5, 5.41) is 12.7. The van der Waals surface area contributed by atoms with Gasteiger partial charge in [0.2, 0.25) is 5.91 Å². The maximum absolute atomic E-state index is 12.1. The van der Waals surface area contributed by atoms with Gasteiger partial charge in [-0.05, 0) is 37.8 Å². The maximum atomic E-state index is 12.1. The van der Waals surface area contributed by atoms with Crippen LogP contribution in [-0.4, -0.2) is 33.1 Å². The van der Waals surface area contributed by atoms with Crippen LogP contribution in [0.5, 0.6) is 0 Å². The molecule has 2 N–H and O–H groups in total. The average molecular weight is 371 g/mol. The van der Waals surface area contributed by atoms with Crippen LogP contribution in [0.2, 0.25) is 0 Å². The molecule has 7 nitrogen and oxygen atoms in total. The highest BCUT2D eigenvalue weighted by atomic mass is 32.1. The second-order valence-corrected chi connectivity index (χ2v) is 7.15. The number of hydrogen-bond donors (Lipinski definition) is 2. The molecule has 3 heterocycles. The average Bonchev–Trinajstić information content (AvgIpc) is 3.27. The predicted molar refractivity (Wildman–Crippen MR) is 102 cm³/mol. The number of thiophene rings is 1. The van der Waals surface area contributed by atoms with Gasteiger partial charge in [-0.25, -0.2) is 9.67 Å². The molecular weight excluding hydrogens is 350 g/mol. The fourth-order valence-electron chi connectivity index (χ4n) is 2.56. The quantitative estimate of drug-likeness (QED) is 0.624. The summed E-state index contributed by atoms with van der Waals surface area (Å²) >= 11 is 1.40. The highest BCUT2D eigenvalue weighted by Gasteiger charge is 2.10. The number of carbonyl (C=O) groups excluding carboxylic acids is 2. The molecule has 0 unspecified atom stereocenters. The van der Waals surface area contributed by atoms with Crippen molar-refractivity contribution in [2.24, 2.45) is 0 Å². The molecule has 8 heteroatoms. The van der Waals surface area contributed by atoms with Gasteiger partial charge in [-0.3, -0.25) is 9.59 Å². The molecule has 3 rings (SSSR count). The van der Waals surface area contributed by atoms with Gasteiger partial charge in [0.1, 0.15) is 0 Å². The molecule has 136 valence electrons. The third-order valence-corrected chi connectivity index (χ3v) is 4.69. The summed E-state index contributed by atoms with van der Waals surface area (Å²) in [6.45, 7) is 4.55. The molecule has 3 aromatic heterocycles. The van der Waals surface area contributed by atoms with Crippen LogP contribution in [0.15, 0.2) is 36.0 Å². The van der Waals surface area contributed by atoms with Crippen molar-refractivity contribution >= 4 is 39.9 Å². The zero-order valence-corrected chi connectivity index (χ0v) is 15.5. The summed E-state index contributed by atoms with van der Waals surface area (Å²) < 4.78 is 1.84. The molecule has 2 amide bonds. The van der Waals surface area contributed by atoms with Crippen molar-refractivity contribution in [1.82, 2.24) is 20.1 Å². The number of nitrogens with one attached hydrogen (secondary N) is 2. The monoisotopic (exact) mass is 371 g/mol. The van der Waals surface area contributed by atoms with Gasteiger partial charge in [0, 0.05) is 24.4 Å². The third kappa shape index (κ3) is 4.26. The van der Waals surface area contributed by atoms with Crippen molar-refractivity contribution in [2.45, 2.75) is 32.7 Å². The molecule has 0 aliphatic rings. The van der Waals surface area contributed by atoms with Gasteiger partial charge >= 0.3 is 0 Å². The Kier molecular flexibility index (Phi) is 5.62. The van der Waals surface area contributed by atoms with Crippen molar-refractivity contribution in [2.75, 3.05) is 11.9 Å². The van der Waals surface area contributed by atoms with E-state index in [0.717, 1.165) is 11.0 Å². The number of carbonyl (C=O) groups is 2. The van der Waals surface area contributed by atoms with Gasteiger partial charge in [-0.1, -0.05) is 6.07 Å². The van der Waals surface area contributed by atoms with E-state index in [0.29, 0.717) is 30.0 Å². The second-order valence-electron chi connectivity index (χ2n) is 6.20. The van der Waals surface area contributed by atoms with E-state index in [2.05, 4.69) is 20.7 Å². The van der Waals surface area contributed by atoms with Crippen molar-refractivity contribution in [1.29, 1.82) is 0 Å². The van der Waals surface area contributed by atoms with E-state index in [1.54, 1.807) is 18.5 Å².